The van der Waals surface area contributed by atoms with Crippen LogP contribution >= 0.6 is 11.3 Å². The van der Waals surface area contributed by atoms with Crippen LogP contribution in [0.25, 0.3) is 0 Å². The molecule has 0 bridgehead atoms. The van der Waals surface area contributed by atoms with Crippen LogP contribution in [0.4, 0.5) is 0 Å². The van der Waals surface area contributed by atoms with E-state index in [1.54, 1.807) is 5.38 Å². The molecule has 5 atom stereocenters. The molecular weight excluding hydrogens is 550 g/mol. The Hall–Kier alpha value is -4.04. The predicted octanol–water partition coefficient (Wildman–Crippen LogP) is 2.04. The molecule has 1 N–H and O–H groups in total. The lowest BCUT2D eigenvalue weighted by Crippen LogP contribution is -2.63. The molecule has 0 radical (unpaired) electrons. The zero-order valence-corrected chi connectivity index (χ0v) is 23.2. The summed E-state index contributed by atoms with van der Waals surface area (Å²) in [5.41, 5.74) is 0.601. The highest BCUT2D eigenvalue weighted by molar-refractivity contribution is 7.09. The molecule has 2 heterocycles. The molecule has 0 unspecified atom stereocenters. The molecule has 1 fully saturated rings. The van der Waals surface area contributed by atoms with Crippen LogP contribution in [0, 0.1) is 6.92 Å². The Labute approximate surface area is 233 Å². The Morgan fingerprint density at radius 1 is 0.925 bits per heavy atom. The lowest BCUT2D eigenvalue weighted by Gasteiger charge is -2.43. The second-order valence-corrected chi connectivity index (χ2v) is 9.88. The number of aromatic nitrogens is 1. The lowest BCUT2D eigenvalue weighted by molar-refractivity contribution is -0.288. The second-order valence-electron chi connectivity index (χ2n) is 8.82. The Kier molecular flexibility index (Phi) is 10.2. The van der Waals surface area contributed by atoms with Gasteiger partial charge in [-0.25, -0.2) is 4.98 Å². The number of ether oxygens (including phenoxy) is 6. The lowest BCUT2D eigenvalue weighted by atomic mass is 9.98. The Morgan fingerprint density at radius 2 is 1.55 bits per heavy atom. The quantitative estimate of drug-likeness (QED) is 0.246. The predicted molar refractivity (Wildman–Crippen MR) is 136 cm³/mol. The number of Topliss-reactive ketones (excluding diaryl/α,β-unsaturated/α-hetero) is 1. The summed E-state index contributed by atoms with van der Waals surface area (Å²) >= 11 is 1.40. The minimum absolute atomic E-state index is 0.000507. The Morgan fingerprint density at radius 3 is 2.10 bits per heavy atom. The van der Waals surface area contributed by atoms with Gasteiger partial charge in [0.25, 0.3) is 0 Å². The number of aryl methyl sites for hydroxylation is 1. The first kappa shape index (κ1) is 30.5. The molecule has 2 aromatic rings. The van der Waals surface area contributed by atoms with Gasteiger partial charge in [-0.15, -0.1) is 11.3 Å². The van der Waals surface area contributed by atoms with Crippen molar-refractivity contribution in [3.63, 3.8) is 0 Å². The van der Waals surface area contributed by atoms with Gasteiger partial charge >= 0.3 is 23.9 Å². The summed E-state index contributed by atoms with van der Waals surface area (Å²) in [5, 5.41) is 13.1. The molecule has 1 aromatic heterocycles. The van der Waals surface area contributed by atoms with Crippen molar-refractivity contribution in [3.05, 3.63) is 39.8 Å². The summed E-state index contributed by atoms with van der Waals surface area (Å²) in [4.78, 5) is 64.2. The fraction of sp³-hybridized carbons (Fsp3) is 0.462. The van der Waals surface area contributed by atoms with Gasteiger partial charge in [0.15, 0.2) is 18.0 Å². The van der Waals surface area contributed by atoms with Crippen LogP contribution in [0.3, 0.4) is 0 Å². The molecule has 14 heteroatoms. The highest BCUT2D eigenvalue weighted by atomic mass is 32.1. The van der Waals surface area contributed by atoms with Crippen molar-refractivity contribution in [1.82, 2.24) is 4.98 Å². The number of phenolic OH excluding ortho intramolecular Hbond substituents is 1. The number of nitrogens with zero attached hydrogens (tertiary/aromatic N) is 1. The van der Waals surface area contributed by atoms with Crippen LogP contribution in [-0.4, -0.2) is 77.1 Å². The van der Waals surface area contributed by atoms with Gasteiger partial charge < -0.3 is 33.5 Å². The van der Waals surface area contributed by atoms with Gasteiger partial charge in [-0.05, 0) is 19.1 Å². The molecule has 40 heavy (non-hydrogen) atoms. The maximum absolute atomic E-state index is 12.7. The number of carbonyl (C=O) groups is 5. The molecule has 0 spiro atoms. The number of hydrogen-bond donors (Lipinski definition) is 1. The number of aromatic hydroxyl groups is 1. The number of phenols is 1. The molecule has 3 rings (SSSR count). The summed E-state index contributed by atoms with van der Waals surface area (Å²) in [6.07, 6.45) is -6.91. The van der Waals surface area contributed by atoms with Crippen LogP contribution in [0.2, 0.25) is 0 Å². The smallest absolute Gasteiger partial charge is 0.303 e. The number of benzene rings is 1. The highest BCUT2D eigenvalue weighted by Gasteiger charge is 2.53. The van der Waals surface area contributed by atoms with Crippen molar-refractivity contribution < 1.29 is 57.5 Å². The van der Waals surface area contributed by atoms with E-state index >= 15 is 0 Å². The number of hydrogen-bond acceptors (Lipinski definition) is 14. The zero-order valence-electron chi connectivity index (χ0n) is 22.4. The SMILES string of the molecule is CC(=O)OC[C@H]1O[C@H](Oc2ccc(C(=O)Cc3csc(C)n3)c(O)c2)[C@@H](OC(C)=O)[C@@H](OC(C)=O)[C@@H]1OC(C)=O. The monoisotopic (exact) mass is 579 g/mol. The van der Waals surface area contributed by atoms with E-state index in [-0.39, 0.29) is 29.3 Å². The number of ketones is 1. The fourth-order valence-corrected chi connectivity index (χ4v) is 4.60. The van der Waals surface area contributed by atoms with E-state index in [1.807, 2.05) is 6.92 Å². The minimum atomic E-state index is -1.49. The van der Waals surface area contributed by atoms with Gasteiger partial charge in [0.1, 0.15) is 24.2 Å². The summed E-state index contributed by atoms with van der Waals surface area (Å²) in [7, 11) is 0. The van der Waals surface area contributed by atoms with Crippen LogP contribution in [-0.2, 0) is 49.3 Å². The molecule has 1 aliphatic rings. The largest absolute Gasteiger partial charge is 0.507 e. The van der Waals surface area contributed by atoms with E-state index in [9.17, 15) is 29.1 Å². The average Bonchev–Trinajstić information content (AvgIpc) is 3.25. The number of esters is 4. The molecule has 216 valence electrons. The Bertz CT molecular complexity index is 1270. The van der Waals surface area contributed by atoms with Crippen molar-refractivity contribution in [2.24, 2.45) is 0 Å². The van der Waals surface area contributed by atoms with Crippen LogP contribution in [0.15, 0.2) is 23.6 Å². The van der Waals surface area contributed by atoms with Crippen molar-refractivity contribution in [3.8, 4) is 11.5 Å². The molecule has 1 aliphatic heterocycles. The number of carbonyl (C=O) groups excluding carboxylic acids is 5. The van der Waals surface area contributed by atoms with Crippen molar-refractivity contribution in [1.29, 1.82) is 0 Å². The maximum atomic E-state index is 12.7. The first-order chi connectivity index (χ1) is 18.8. The molecule has 0 saturated carbocycles. The van der Waals surface area contributed by atoms with Crippen LogP contribution in [0.5, 0.6) is 11.5 Å². The van der Waals surface area contributed by atoms with Crippen molar-refractivity contribution in [2.75, 3.05) is 6.61 Å². The first-order valence-electron chi connectivity index (χ1n) is 12.1. The summed E-state index contributed by atoms with van der Waals surface area (Å²) in [5.74, 6) is -3.77. The molecule has 0 aliphatic carbocycles. The Balaban J connectivity index is 1.91. The zero-order chi connectivity index (χ0) is 29.6. The topological polar surface area (TPSA) is 174 Å². The van der Waals surface area contributed by atoms with E-state index in [1.165, 1.54) is 23.5 Å². The molecule has 13 nitrogen and oxygen atoms in total. The van der Waals surface area contributed by atoms with E-state index in [0.717, 1.165) is 38.8 Å². The van der Waals surface area contributed by atoms with E-state index in [0.29, 0.717) is 5.69 Å². The van der Waals surface area contributed by atoms with Crippen LogP contribution in [0.1, 0.15) is 48.8 Å². The van der Waals surface area contributed by atoms with Gasteiger partial charge in [-0.2, -0.15) is 0 Å². The van der Waals surface area contributed by atoms with Crippen molar-refractivity contribution in [2.45, 2.75) is 71.7 Å². The van der Waals surface area contributed by atoms with Gasteiger partial charge in [0.05, 0.1) is 22.7 Å². The minimum Gasteiger partial charge on any atom is -0.507 e. The highest BCUT2D eigenvalue weighted by Crippen LogP contribution is 2.33. The van der Waals surface area contributed by atoms with Gasteiger partial charge in [-0.3, -0.25) is 24.0 Å². The molecular formula is C26H29NO12S. The summed E-state index contributed by atoms with van der Waals surface area (Å²) in [6, 6.07) is 3.89. The van der Waals surface area contributed by atoms with Gasteiger partial charge in [0.2, 0.25) is 12.4 Å². The third-order valence-electron chi connectivity index (χ3n) is 5.48. The van der Waals surface area contributed by atoms with Gasteiger partial charge in [-0.1, -0.05) is 0 Å². The fourth-order valence-electron chi connectivity index (χ4n) is 3.99. The maximum Gasteiger partial charge on any atom is 0.303 e. The standard InChI is InChI=1S/C26H29NO12S/c1-12-27-17(11-40-12)8-20(32)19-7-6-18(9-21(19)33)38-26-25(37-16(5)31)24(36-15(4)30)23(35-14(3)29)22(39-26)10-34-13(2)28/h6-7,9,11,22-26,33H,8,10H2,1-5H3/t22-,23-,24+,25+,26+/m1/s1. The average molecular weight is 580 g/mol. The summed E-state index contributed by atoms with van der Waals surface area (Å²) in [6.45, 7) is 5.86. The van der Waals surface area contributed by atoms with E-state index < -0.39 is 61.2 Å². The van der Waals surface area contributed by atoms with Crippen LogP contribution < -0.4 is 4.74 Å². The van der Waals surface area contributed by atoms with Gasteiger partial charge in [0, 0.05) is 39.1 Å². The molecule has 1 saturated heterocycles. The third kappa shape index (κ3) is 8.23. The third-order valence-corrected chi connectivity index (χ3v) is 6.30. The number of thiazole rings is 1. The summed E-state index contributed by atoms with van der Waals surface area (Å²) < 4.78 is 32.8. The molecule has 1 aromatic carbocycles. The van der Waals surface area contributed by atoms with E-state index in [2.05, 4.69) is 4.98 Å². The van der Waals surface area contributed by atoms with E-state index in [4.69, 9.17) is 28.4 Å². The van der Waals surface area contributed by atoms with Crippen molar-refractivity contribution >= 4 is 41.0 Å². The number of rotatable bonds is 10. The molecule has 0 amide bonds. The second kappa shape index (κ2) is 13.3. The first-order valence-corrected chi connectivity index (χ1v) is 13.0. The normalized spacial score (nSPS) is 22.1.